The smallest absolute Gasteiger partial charge is 0.249 e. The molecule has 76 valence electrons. The van der Waals surface area contributed by atoms with E-state index in [0.29, 0.717) is 6.54 Å². The van der Waals surface area contributed by atoms with Crippen molar-refractivity contribution in [2.24, 2.45) is 0 Å². The first kappa shape index (κ1) is 13.0. The molecule has 0 aliphatic rings. The minimum absolute atomic E-state index is 0.120. The van der Waals surface area contributed by atoms with Gasteiger partial charge in [0.15, 0.2) is 13.5 Å². The summed E-state index contributed by atoms with van der Waals surface area (Å²) in [6.45, 7) is 1.99. The van der Waals surface area contributed by atoms with Crippen LogP contribution >= 0.6 is 16.5 Å². The Balaban J connectivity index is 3.63. The van der Waals surface area contributed by atoms with Gasteiger partial charge in [0.25, 0.3) is 0 Å². The molecule has 0 saturated heterocycles. The van der Waals surface area contributed by atoms with Gasteiger partial charge < -0.3 is 0 Å². The lowest BCUT2D eigenvalue weighted by Gasteiger charge is -2.11. The van der Waals surface area contributed by atoms with Gasteiger partial charge in [-0.15, -0.1) is 18.8 Å². The fourth-order valence-electron chi connectivity index (χ4n) is 0.482. The first-order valence-corrected chi connectivity index (χ1v) is 5.62. The van der Waals surface area contributed by atoms with Gasteiger partial charge >= 0.3 is 16.5 Å². The fourth-order valence-corrected chi connectivity index (χ4v) is 1.01. The normalized spacial score (nSPS) is 13.2. The van der Waals surface area contributed by atoms with Crippen molar-refractivity contribution in [3.05, 3.63) is 0 Å². The number of rotatable bonds is 7. The van der Waals surface area contributed by atoms with Crippen molar-refractivity contribution in [3.63, 3.8) is 0 Å². The van der Waals surface area contributed by atoms with Crippen LogP contribution in [0, 0.1) is 0 Å². The molecule has 0 heterocycles. The van der Waals surface area contributed by atoms with E-state index in [2.05, 4.69) is 9.05 Å². The van der Waals surface area contributed by atoms with Gasteiger partial charge in [0.2, 0.25) is 0 Å². The number of hydrogen-bond donors (Lipinski definition) is 2. The molecule has 0 aromatic heterocycles. The second kappa shape index (κ2) is 7.41. The zero-order valence-electron chi connectivity index (χ0n) is 6.99. The molecule has 0 fully saturated rings. The Hall–Kier alpha value is -0.0000000000000000763. The molecule has 0 aromatic rings. The summed E-state index contributed by atoms with van der Waals surface area (Å²) in [5.74, 6) is 0. The lowest BCUT2D eigenvalue weighted by molar-refractivity contribution is 0.0551. The molecular formula is C4H11NO6P2+2. The minimum Gasteiger partial charge on any atom is -0.249 e. The van der Waals surface area contributed by atoms with Crippen molar-refractivity contribution in [3.8, 4) is 0 Å². The molecule has 2 atom stereocenters. The highest BCUT2D eigenvalue weighted by Gasteiger charge is 2.19. The molecule has 2 N–H and O–H groups in total. The Morgan fingerprint density at radius 1 is 1.15 bits per heavy atom. The Morgan fingerprint density at radius 2 is 1.54 bits per heavy atom. The Bertz CT molecular complexity index is 169. The van der Waals surface area contributed by atoms with Crippen molar-refractivity contribution in [1.82, 2.24) is 4.90 Å². The molecule has 9 heteroatoms. The molecule has 0 radical (unpaired) electrons. The van der Waals surface area contributed by atoms with Crippen LogP contribution in [0.5, 0.6) is 0 Å². The fraction of sp³-hybridized carbons (Fsp3) is 1.00. The summed E-state index contributed by atoms with van der Waals surface area (Å²) in [6.07, 6.45) is 0. The van der Waals surface area contributed by atoms with E-state index in [9.17, 15) is 9.13 Å². The predicted octanol–water partition coefficient (Wildman–Crippen LogP) is 0.556. The van der Waals surface area contributed by atoms with E-state index in [4.69, 9.17) is 9.79 Å². The van der Waals surface area contributed by atoms with Gasteiger partial charge in [-0.1, -0.05) is 6.92 Å². The summed E-state index contributed by atoms with van der Waals surface area (Å²) in [4.78, 5) is 18.0. The van der Waals surface area contributed by atoms with E-state index >= 15 is 0 Å². The summed E-state index contributed by atoms with van der Waals surface area (Å²) >= 11 is 0. The molecule has 0 rings (SSSR count). The zero-order valence-corrected chi connectivity index (χ0v) is 8.78. The third-order valence-corrected chi connectivity index (χ3v) is 1.82. The van der Waals surface area contributed by atoms with Gasteiger partial charge in [0.05, 0.1) is 0 Å². The van der Waals surface area contributed by atoms with E-state index in [1.54, 1.807) is 6.92 Å². The van der Waals surface area contributed by atoms with Crippen LogP contribution in [0.25, 0.3) is 0 Å². The molecule has 0 aromatic carbocycles. The van der Waals surface area contributed by atoms with Crippen LogP contribution in [0.4, 0.5) is 0 Å². The predicted molar refractivity (Wildman–Crippen MR) is 43.9 cm³/mol. The Morgan fingerprint density at radius 3 is 1.77 bits per heavy atom. The molecule has 0 aliphatic heterocycles. The monoisotopic (exact) mass is 231 g/mol. The van der Waals surface area contributed by atoms with Crippen LogP contribution in [-0.4, -0.2) is 34.7 Å². The van der Waals surface area contributed by atoms with Crippen molar-refractivity contribution < 1.29 is 28.0 Å². The van der Waals surface area contributed by atoms with Gasteiger partial charge in [0.1, 0.15) is 0 Å². The maximum atomic E-state index is 10.1. The van der Waals surface area contributed by atoms with Crippen LogP contribution < -0.4 is 0 Å². The molecule has 0 saturated carbocycles. The quantitative estimate of drug-likeness (QED) is 0.488. The minimum atomic E-state index is -2.65. The number of nitrogens with zero attached hydrogens (tertiary/aromatic N) is 1. The van der Waals surface area contributed by atoms with Gasteiger partial charge in [-0.2, -0.15) is 0 Å². The van der Waals surface area contributed by atoms with Crippen LogP contribution in [0.1, 0.15) is 6.92 Å². The first-order valence-electron chi connectivity index (χ1n) is 3.36. The molecule has 0 aliphatic carbocycles. The van der Waals surface area contributed by atoms with Crippen LogP contribution in [0.2, 0.25) is 0 Å². The molecule has 2 unspecified atom stereocenters. The van der Waals surface area contributed by atoms with E-state index in [1.807, 2.05) is 0 Å². The van der Waals surface area contributed by atoms with Gasteiger partial charge in [0, 0.05) is 15.7 Å². The first-order chi connectivity index (χ1) is 6.06. The van der Waals surface area contributed by atoms with E-state index in [1.165, 1.54) is 4.90 Å². The second-order valence-electron chi connectivity index (χ2n) is 1.98. The third-order valence-electron chi connectivity index (χ3n) is 1.15. The molecule has 13 heavy (non-hydrogen) atoms. The van der Waals surface area contributed by atoms with Crippen molar-refractivity contribution in [2.45, 2.75) is 6.92 Å². The van der Waals surface area contributed by atoms with Crippen LogP contribution in [0.3, 0.4) is 0 Å². The van der Waals surface area contributed by atoms with Gasteiger partial charge in [-0.3, -0.25) is 0 Å². The average molecular weight is 231 g/mol. The topological polar surface area (TPSA) is 96.3 Å². The summed E-state index contributed by atoms with van der Waals surface area (Å²) < 4.78 is 28.9. The van der Waals surface area contributed by atoms with Crippen LogP contribution in [-0.2, 0) is 18.2 Å². The second-order valence-corrected chi connectivity index (χ2v) is 3.45. The van der Waals surface area contributed by atoms with E-state index < -0.39 is 16.5 Å². The lowest BCUT2D eigenvalue weighted by Crippen LogP contribution is -2.26. The number of hydrogen-bond acceptors (Lipinski definition) is 5. The Kier molecular flexibility index (Phi) is 7.41. The van der Waals surface area contributed by atoms with Gasteiger partial charge in [-0.05, 0) is 0 Å². The standard InChI is InChI=1S/C4H9NO6P2/c1-2-5(3-10-12(6)7)4-11-13(8)9/h2-4H2,1H3/p+2. The summed E-state index contributed by atoms with van der Waals surface area (Å²) in [5, 5.41) is 0. The zero-order chi connectivity index (χ0) is 10.3. The van der Waals surface area contributed by atoms with Crippen LogP contribution in [0.15, 0.2) is 0 Å². The van der Waals surface area contributed by atoms with Crippen molar-refractivity contribution in [2.75, 3.05) is 20.0 Å². The highest BCUT2D eigenvalue weighted by molar-refractivity contribution is 7.32. The van der Waals surface area contributed by atoms with Gasteiger partial charge in [-0.25, -0.2) is 4.90 Å². The molecule has 0 bridgehead atoms. The SMILES string of the molecule is CCN(CO[P+](=O)O)CO[P+](=O)O. The van der Waals surface area contributed by atoms with E-state index in [0.717, 1.165) is 0 Å². The van der Waals surface area contributed by atoms with Crippen molar-refractivity contribution >= 4 is 16.5 Å². The average Bonchev–Trinajstić information content (AvgIpc) is 2.04. The summed E-state index contributed by atoms with van der Waals surface area (Å²) in [6, 6.07) is 0. The third kappa shape index (κ3) is 8.33. The molecule has 0 amide bonds. The largest absolute Gasteiger partial charge is 0.696 e. The highest BCUT2D eigenvalue weighted by atomic mass is 31.1. The maximum absolute atomic E-state index is 10.1. The van der Waals surface area contributed by atoms with E-state index in [-0.39, 0.29) is 13.5 Å². The lowest BCUT2D eigenvalue weighted by atomic mass is 10.7. The maximum Gasteiger partial charge on any atom is 0.696 e. The summed E-state index contributed by atoms with van der Waals surface area (Å²) in [5.41, 5.74) is 0. The van der Waals surface area contributed by atoms with Crippen molar-refractivity contribution in [1.29, 1.82) is 0 Å². The molecule has 0 spiro atoms. The molecular weight excluding hydrogens is 220 g/mol. The highest BCUT2D eigenvalue weighted by Crippen LogP contribution is 2.17. The Labute approximate surface area is 77.2 Å². The molecule has 7 nitrogen and oxygen atoms in total. The summed E-state index contributed by atoms with van der Waals surface area (Å²) in [7, 11) is -5.29.